The number of aliphatic hydroxyl groups excluding tert-OH is 2. The third-order valence-corrected chi connectivity index (χ3v) is 10.0. The minimum Gasteiger partial charge on any atom is -0.390 e. The fourth-order valence-corrected chi connectivity index (χ4v) is 6.31. The van der Waals surface area contributed by atoms with Gasteiger partial charge in [0.05, 0.1) is 39.9 Å². The van der Waals surface area contributed by atoms with E-state index in [9.17, 15) is 24.5 Å². The first kappa shape index (κ1) is 52.9. The summed E-state index contributed by atoms with van der Waals surface area (Å²) in [7, 11) is 1.38. The van der Waals surface area contributed by atoms with E-state index in [1.165, 1.54) is 44.9 Å². The van der Waals surface area contributed by atoms with Crippen LogP contribution in [0.2, 0.25) is 0 Å². The fourth-order valence-electron chi connectivity index (χ4n) is 5.58. The Labute approximate surface area is 336 Å². The lowest BCUT2D eigenvalue weighted by molar-refractivity contribution is -0.870. The zero-order chi connectivity index (χ0) is 40.9. The number of amides is 1. The summed E-state index contributed by atoms with van der Waals surface area (Å²) in [6.07, 6.45) is 43.9. The maximum atomic E-state index is 12.9. The second-order valence-electron chi connectivity index (χ2n) is 15.5. The molecule has 0 aromatic heterocycles. The number of phosphoric ester groups is 1. The number of phosphoric acid groups is 1. The van der Waals surface area contributed by atoms with Crippen LogP contribution in [0.5, 0.6) is 0 Å². The summed E-state index contributed by atoms with van der Waals surface area (Å²) in [5.41, 5.74) is 0. The molecule has 4 unspecified atom stereocenters. The Balaban J connectivity index is 4.64. The van der Waals surface area contributed by atoms with Crippen LogP contribution >= 0.6 is 7.82 Å². The molecule has 0 bridgehead atoms. The number of hydrogen-bond donors (Lipinski definition) is 4. The predicted molar refractivity (Wildman–Crippen MR) is 232 cm³/mol. The Morgan fingerprint density at radius 3 is 1.67 bits per heavy atom. The molecule has 0 aromatic carbocycles. The van der Waals surface area contributed by atoms with Gasteiger partial charge in [-0.25, -0.2) is 4.57 Å². The van der Waals surface area contributed by atoms with Crippen molar-refractivity contribution in [3.8, 4) is 0 Å². The number of hydrogen-bond acceptors (Lipinski definition) is 6. The number of aliphatic hydroxyl groups is 2. The monoisotopic (exact) mass is 794 g/mol. The molecular formula is C45H82N2O7P+. The Bertz CT molecular complexity index is 1140. The lowest BCUT2D eigenvalue weighted by Crippen LogP contribution is -2.51. The van der Waals surface area contributed by atoms with Crippen LogP contribution in [0.25, 0.3) is 0 Å². The molecule has 0 spiro atoms. The van der Waals surface area contributed by atoms with Crippen molar-refractivity contribution >= 4 is 13.7 Å². The topological polar surface area (TPSA) is 125 Å². The highest BCUT2D eigenvalue weighted by Gasteiger charge is 2.31. The van der Waals surface area contributed by atoms with Crippen molar-refractivity contribution in [1.29, 1.82) is 0 Å². The van der Waals surface area contributed by atoms with E-state index in [4.69, 9.17) is 9.05 Å². The highest BCUT2D eigenvalue weighted by Crippen LogP contribution is 2.43. The molecule has 0 aromatic rings. The molecule has 0 saturated carbocycles. The van der Waals surface area contributed by atoms with Crippen molar-refractivity contribution in [2.24, 2.45) is 0 Å². The maximum Gasteiger partial charge on any atom is 0.472 e. The summed E-state index contributed by atoms with van der Waals surface area (Å²) in [5.74, 6) is -0.304. The molecule has 0 saturated heterocycles. The predicted octanol–water partition coefficient (Wildman–Crippen LogP) is 10.6. The number of allylic oxidation sites excluding steroid dienone is 12. The van der Waals surface area contributed by atoms with Gasteiger partial charge in [0.15, 0.2) is 0 Å². The van der Waals surface area contributed by atoms with Crippen molar-refractivity contribution in [3.05, 3.63) is 72.9 Å². The van der Waals surface area contributed by atoms with E-state index >= 15 is 0 Å². The molecule has 4 N–H and O–H groups in total. The molecule has 0 heterocycles. The normalized spacial score (nSPS) is 15.7. The molecular weight excluding hydrogens is 711 g/mol. The second kappa shape index (κ2) is 36.3. The van der Waals surface area contributed by atoms with Crippen LogP contribution in [0.4, 0.5) is 0 Å². The zero-order valence-electron chi connectivity index (χ0n) is 35.5. The highest BCUT2D eigenvalue weighted by atomic mass is 31.2. The SMILES string of the molecule is CC/C=C\C/C=C\C/C=C\C/C=C\C/C=C\CCCCCC(=O)NC(COP(=O)(O)OCC[N+](C)(C)C)C(O)C(O)CCC/C=C/CCCCCCCCC. The van der Waals surface area contributed by atoms with E-state index in [-0.39, 0.29) is 18.9 Å². The first-order valence-electron chi connectivity index (χ1n) is 21.4. The van der Waals surface area contributed by atoms with Crippen molar-refractivity contribution in [1.82, 2.24) is 5.32 Å². The molecule has 1 amide bonds. The summed E-state index contributed by atoms with van der Waals surface area (Å²) >= 11 is 0. The lowest BCUT2D eigenvalue weighted by Gasteiger charge is -2.28. The van der Waals surface area contributed by atoms with Gasteiger partial charge in [-0.1, -0.05) is 132 Å². The Kier molecular flexibility index (Phi) is 34.9. The summed E-state index contributed by atoms with van der Waals surface area (Å²) < 4.78 is 23.4. The Morgan fingerprint density at radius 2 is 1.13 bits per heavy atom. The van der Waals surface area contributed by atoms with E-state index in [1.807, 2.05) is 21.1 Å². The molecule has 318 valence electrons. The molecule has 0 aliphatic rings. The van der Waals surface area contributed by atoms with E-state index in [0.29, 0.717) is 30.3 Å². The largest absolute Gasteiger partial charge is 0.472 e. The van der Waals surface area contributed by atoms with Gasteiger partial charge in [-0.15, -0.1) is 0 Å². The molecule has 0 aliphatic carbocycles. The summed E-state index contributed by atoms with van der Waals surface area (Å²) in [5, 5.41) is 24.6. The maximum absolute atomic E-state index is 12.9. The quantitative estimate of drug-likeness (QED) is 0.0214. The molecule has 9 nitrogen and oxygen atoms in total. The molecule has 4 atom stereocenters. The molecule has 0 rings (SSSR count). The minimum atomic E-state index is -4.43. The number of quaternary nitrogens is 1. The standard InChI is InChI=1S/C45H81N2O7P/c1-6-8-10-12-14-16-18-20-21-22-23-24-25-26-28-30-32-34-36-38-44(49)46-42(41-54-55(51,52)53-40-39-47(3,4)5)45(50)43(48)37-35-33-31-29-27-19-17-15-13-11-9-7-2/h8,10,14,16,20-21,23-24,26,28-29,31,42-43,45,48,50H,6-7,9,11-13,15,17-19,22,25,27,30,32-41H2,1-5H3,(H-,46,49,51,52)/p+1/b10-8-,16-14-,21-20-,24-23-,28-26-,31-29+. The van der Waals surface area contributed by atoms with Crippen LogP contribution in [0, 0.1) is 0 Å². The molecule has 0 fully saturated rings. The highest BCUT2D eigenvalue weighted by molar-refractivity contribution is 7.47. The van der Waals surface area contributed by atoms with Gasteiger partial charge in [-0.05, 0) is 83.5 Å². The van der Waals surface area contributed by atoms with E-state index < -0.39 is 32.7 Å². The summed E-state index contributed by atoms with van der Waals surface area (Å²) in [6, 6.07) is -1.07. The Hall–Kier alpha value is -2.10. The van der Waals surface area contributed by atoms with Crippen molar-refractivity contribution in [2.45, 2.75) is 167 Å². The smallest absolute Gasteiger partial charge is 0.390 e. The second-order valence-corrected chi connectivity index (χ2v) is 16.9. The van der Waals surface area contributed by atoms with Gasteiger partial charge < -0.3 is 24.9 Å². The van der Waals surface area contributed by atoms with Gasteiger partial charge in [-0.3, -0.25) is 13.8 Å². The number of likely N-dealkylation sites (N-methyl/N-ethyl adjacent to an activating group) is 1. The first-order valence-corrected chi connectivity index (χ1v) is 22.9. The zero-order valence-corrected chi connectivity index (χ0v) is 36.4. The van der Waals surface area contributed by atoms with Crippen LogP contribution in [0.3, 0.4) is 0 Å². The lowest BCUT2D eigenvalue weighted by atomic mass is 10.0. The van der Waals surface area contributed by atoms with Crippen molar-refractivity contribution in [2.75, 3.05) is 40.9 Å². The van der Waals surface area contributed by atoms with Crippen molar-refractivity contribution in [3.63, 3.8) is 0 Å². The van der Waals surface area contributed by atoms with Crippen LogP contribution < -0.4 is 5.32 Å². The number of unbranched alkanes of at least 4 members (excludes halogenated alkanes) is 11. The fraction of sp³-hybridized carbons (Fsp3) is 0.711. The van der Waals surface area contributed by atoms with E-state index in [0.717, 1.165) is 64.2 Å². The van der Waals surface area contributed by atoms with Crippen LogP contribution in [0.1, 0.15) is 149 Å². The molecule has 55 heavy (non-hydrogen) atoms. The van der Waals surface area contributed by atoms with Crippen LogP contribution in [-0.4, -0.2) is 84.6 Å². The number of carbonyl (C=O) groups excluding carboxylic acids is 1. The molecule has 0 aliphatic heterocycles. The Morgan fingerprint density at radius 1 is 0.655 bits per heavy atom. The molecule has 10 heteroatoms. The average molecular weight is 794 g/mol. The number of carbonyl (C=O) groups is 1. The first-order chi connectivity index (χ1) is 26.4. The van der Waals surface area contributed by atoms with Crippen molar-refractivity contribution < 1.29 is 38.0 Å². The average Bonchev–Trinajstić information content (AvgIpc) is 3.13. The third kappa shape index (κ3) is 37.3. The minimum absolute atomic E-state index is 0.00554. The van der Waals surface area contributed by atoms with Gasteiger partial charge in [0.1, 0.15) is 19.3 Å². The van der Waals surface area contributed by atoms with Gasteiger partial charge in [0.25, 0.3) is 0 Å². The third-order valence-electron chi connectivity index (χ3n) is 9.03. The van der Waals surface area contributed by atoms with Gasteiger partial charge >= 0.3 is 7.82 Å². The number of rotatable bonds is 37. The van der Waals surface area contributed by atoms with Gasteiger partial charge in [0, 0.05) is 6.42 Å². The summed E-state index contributed by atoms with van der Waals surface area (Å²) in [6.45, 7) is 4.40. The summed E-state index contributed by atoms with van der Waals surface area (Å²) in [4.78, 5) is 23.1. The van der Waals surface area contributed by atoms with Crippen LogP contribution in [-0.2, 0) is 18.4 Å². The van der Waals surface area contributed by atoms with E-state index in [2.05, 4.69) is 92.1 Å². The van der Waals surface area contributed by atoms with Gasteiger partial charge in [0.2, 0.25) is 5.91 Å². The van der Waals surface area contributed by atoms with E-state index in [1.54, 1.807) is 0 Å². The molecule has 0 radical (unpaired) electrons. The number of nitrogens with zero attached hydrogens (tertiary/aromatic N) is 1. The number of nitrogens with one attached hydrogen (secondary N) is 1. The van der Waals surface area contributed by atoms with Crippen LogP contribution in [0.15, 0.2) is 72.9 Å². The van der Waals surface area contributed by atoms with Gasteiger partial charge in [-0.2, -0.15) is 0 Å².